The van der Waals surface area contributed by atoms with Crippen molar-refractivity contribution in [1.82, 2.24) is 10.2 Å². The first-order valence-corrected chi connectivity index (χ1v) is 13.1. The number of hydrogen-bond donors (Lipinski definition) is 1. The van der Waals surface area contributed by atoms with Crippen molar-refractivity contribution in [2.75, 3.05) is 17.4 Å². The minimum Gasteiger partial charge on any atom is -0.355 e. The molecule has 0 aliphatic carbocycles. The van der Waals surface area contributed by atoms with Crippen LogP contribution in [0.3, 0.4) is 0 Å². The molecule has 0 spiro atoms. The van der Waals surface area contributed by atoms with Crippen LogP contribution in [0.15, 0.2) is 83.8 Å². The lowest BCUT2D eigenvalue weighted by Gasteiger charge is -2.32. The first kappa shape index (κ1) is 27.2. The number of hydrogen-bond acceptors (Lipinski definition) is 4. The lowest BCUT2D eigenvalue weighted by Crippen LogP contribution is -2.51. The highest BCUT2D eigenvalue weighted by Crippen LogP contribution is 2.28. The summed E-state index contributed by atoms with van der Waals surface area (Å²) in [6.45, 7) is 3.17. The van der Waals surface area contributed by atoms with Gasteiger partial charge in [-0.15, -0.1) is 0 Å². The molecule has 1 N–H and O–H groups in total. The largest absolute Gasteiger partial charge is 0.355 e. The van der Waals surface area contributed by atoms with E-state index in [9.17, 15) is 22.4 Å². The van der Waals surface area contributed by atoms with E-state index in [4.69, 9.17) is 11.6 Å². The van der Waals surface area contributed by atoms with Crippen molar-refractivity contribution in [3.8, 4) is 0 Å². The van der Waals surface area contributed by atoms with Gasteiger partial charge in [0.05, 0.1) is 15.6 Å². The fourth-order valence-corrected chi connectivity index (χ4v) is 5.18. The number of halogens is 2. The summed E-state index contributed by atoms with van der Waals surface area (Å²) in [7, 11) is -4.24. The number of nitrogens with zero attached hydrogens (tertiary/aromatic N) is 2. The highest BCUT2D eigenvalue weighted by Gasteiger charge is 2.32. The van der Waals surface area contributed by atoms with Gasteiger partial charge in [0, 0.05) is 13.1 Å². The molecule has 10 heteroatoms. The second-order valence-corrected chi connectivity index (χ2v) is 10.3. The number of sulfonamides is 1. The molecule has 0 radical (unpaired) electrons. The van der Waals surface area contributed by atoms with Crippen LogP contribution in [-0.2, 0) is 26.2 Å². The van der Waals surface area contributed by atoms with Crippen molar-refractivity contribution in [3.63, 3.8) is 0 Å². The van der Waals surface area contributed by atoms with Crippen molar-refractivity contribution < 1.29 is 22.4 Å². The molecule has 0 bridgehead atoms. The van der Waals surface area contributed by atoms with Gasteiger partial charge in [0.2, 0.25) is 11.8 Å². The van der Waals surface area contributed by atoms with E-state index in [2.05, 4.69) is 5.32 Å². The van der Waals surface area contributed by atoms with Crippen molar-refractivity contribution in [1.29, 1.82) is 0 Å². The van der Waals surface area contributed by atoms with Crippen LogP contribution in [0.4, 0.5) is 10.1 Å². The molecule has 0 saturated heterocycles. The van der Waals surface area contributed by atoms with Crippen LogP contribution in [0.25, 0.3) is 0 Å². The van der Waals surface area contributed by atoms with Gasteiger partial charge < -0.3 is 10.2 Å². The number of carbonyl (C=O) groups is 2. The van der Waals surface area contributed by atoms with E-state index in [1.807, 2.05) is 18.2 Å². The monoisotopic (exact) mass is 531 g/mol. The molecule has 3 aromatic carbocycles. The van der Waals surface area contributed by atoms with Crippen LogP contribution in [-0.4, -0.2) is 44.3 Å². The Morgan fingerprint density at radius 3 is 2.19 bits per heavy atom. The van der Waals surface area contributed by atoms with E-state index in [-0.39, 0.29) is 28.1 Å². The van der Waals surface area contributed by atoms with Crippen molar-refractivity contribution in [2.45, 2.75) is 31.3 Å². The molecule has 2 amide bonds. The minimum absolute atomic E-state index is 0.0175. The third-order valence-corrected chi connectivity index (χ3v) is 7.59. The molecule has 0 heterocycles. The molecule has 0 aromatic heterocycles. The van der Waals surface area contributed by atoms with Gasteiger partial charge in [0.15, 0.2) is 0 Å². The number of nitrogens with one attached hydrogen (secondary N) is 1. The smallest absolute Gasteiger partial charge is 0.264 e. The van der Waals surface area contributed by atoms with Crippen molar-refractivity contribution >= 4 is 39.1 Å². The summed E-state index contributed by atoms with van der Waals surface area (Å²) in [5, 5.41) is 2.41. The van der Waals surface area contributed by atoms with Crippen LogP contribution in [0, 0.1) is 5.82 Å². The fourth-order valence-electron chi connectivity index (χ4n) is 3.57. The molecule has 3 aromatic rings. The summed E-state index contributed by atoms with van der Waals surface area (Å²) >= 11 is 5.94. The van der Waals surface area contributed by atoms with Gasteiger partial charge >= 0.3 is 0 Å². The molecule has 0 saturated carbocycles. The second-order valence-electron chi connectivity index (χ2n) is 8.00. The van der Waals surface area contributed by atoms with Gasteiger partial charge in [-0.2, -0.15) is 0 Å². The molecule has 0 fully saturated rings. The zero-order chi connectivity index (χ0) is 26.3. The van der Waals surface area contributed by atoms with E-state index in [0.717, 1.165) is 22.0 Å². The van der Waals surface area contributed by atoms with Crippen LogP contribution in [0.5, 0.6) is 0 Å². The summed E-state index contributed by atoms with van der Waals surface area (Å²) in [6.07, 6.45) is 0. The van der Waals surface area contributed by atoms with Gasteiger partial charge in [-0.05, 0) is 49.7 Å². The summed E-state index contributed by atoms with van der Waals surface area (Å²) in [5.74, 6) is -1.71. The lowest BCUT2D eigenvalue weighted by atomic mass is 10.1. The Kier molecular flexibility index (Phi) is 9.06. The molecule has 1 atom stereocenters. The van der Waals surface area contributed by atoms with Crippen molar-refractivity contribution in [2.24, 2.45) is 0 Å². The first-order valence-electron chi connectivity index (χ1n) is 11.3. The van der Waals surface area contributed by atoms with Gasteiger partial charge in [-0.25, -0.2) is 12.8 Å². The molecule has 7 nitrogen and oxygen atoms in total. The number of anilines is 1. The maximum Gasteiger partial charge on any atom is 0.264 e. The maximum absolute atomic E-state index is 13.9. The predicted octanol–water partition coefficient (Wildman–Crippen LogP) is 4.23. The molecular formula is C26H27ClFN3O4S. The summed E-state index contributed by atoms with van der Waals surface area (Å²) < 4.78 is 41.9. The SMILES string of the molecule is CCNC(=O)[C@@H](C)N(Cc1ccccc1)C(=O)CN(c1ccc(F)c(Cl)c1)S(=O)(=O)c1ccccc1. The summed E-state index contributed by atoms with van der Waals surface area (Å²) in [6, 6.07) is 19.2. The minimum atomic E-state index is -4.24. The Bertz CT molecular complexity index is 1310. The van der Waals surface area contributed by atoms with Crippen LogP contribution < -0.4 is 9.62 Å². The van der Waals surface area contributed by atoms with Crippen LogP contribution in [0.1, 0.15) is 19.4 Å². The molecule has 3 rings (SSSR count). The van der Waals surface area contributed by atoms with Crippen LogP contribution in [0.2, 0.25) is 5.02 Å². The quantitative estimate of drug-likeness (QED) is 0.424. The first-order chi connectivity index (χ1) is 17.1. The molecular weight excluding hydrogens is 505 g/mol. The van der Waals surface area contributed by atoms with E-state index < -0.39 is 34.3 Å². The van der Waals surface area contributed by atoms with Crippen molar-refractivity contribution in [3.05, 3.63) is 95.3 Å². The normalized spacial score (nSPS) is 12.0. The number of amides is 2. The Morgan fingerprint density at radius 2 is 1.61 bits per heavy atom. The van der Waals surface area contributed by atoms with Crippen LogP contribution >= 0.6 is 11.6 Å². The zero-order valence-corrected chi connectivity index (χ0v) is 21.5. The third kappa shape index (κ3) is 6.41. The highest BCUT2D eigenvalue weighted by atomic mass is 35.5. The van der Waals surface area contributed by atoms with Gasteiger partial charge in [-0.1, -0.05) is 60.1 Å². The van der Waals surface area contributed by atoms with Gasteiger partial charge in [-0.3, -0.25) is 13.9 Å². The molecule has 0 unspecified atom stereocenters. The maximum atomic E-state index is 13.9. The molecule has 36 heavy (non-hydrogen) atoms. The van der Waals surface area contributed by atoms with Gasteiger partial charge in [0.25, 0.3) is 10.0 Å². The predicted molar refractivity (Wildman–Crippen MR) is 138 cm³/mol. The molecule has 190 valence electrons. The zero-order valence-electron chi connectivity index (χ0n) is 19.9. The summed E-state index contributed by atoms with van der Waals surface area (Å²) in [4.78, 5) is 27.6. The van der Waals surface area contributed by atoms with Gasteiger partial charge in [0.1, 0.15) is 18.4 Å². The molecule has 0 aliphatic rings. The number of likely N-dealkylation sites (N-methyl/N-ethyl adjacent to an activating group) is 1. The van der Waals surface area contributed by atoms with E-state index >= 15 is 0 Å². The summed E-state index contributed by atoms with van der Waals surface area (Å²) in [5.41, 5.74) is 0.785. The highest BCUT2D eigenvalue weighted by molar-refractivity contribution is 7.92. The van der Waals surface area contributed by atoms with E-state index in [0.29, 0.717) is 6.54 Å². The average molecular weight is 532 g/mol. The standard InChI is InChI=1S/C26H27ClFN3O4S/c1-3-29-26(33)19(2)30(17-20-10-6-4-7-11-20)25(32)18-31(21-14-15-24(28)23(27)16-21)36(34,35)22-12-8-5-9-13-22/h4-16,19H,3,17-18H2,1-2H3,(H,29,33)/t19-/m1/s1. The average Bonchev–Trinajstić information content (AvgIpc) is 2.88. The molecule has 0 aliphatic heterocycles. The Balaban J connectivity index is 2.03. The Labute approximate surface area is 215 Å². The number of rotatable bonds is 10. The van der Waals surface area contributed by atoms with E-state index in [1.54, 1.807) is 44.2 Å². The topological polar surface area (TPSA) is 86.8 Å². The third-order valence-electron chi connectivity index (χ3n) is 5.52. The lowest BCUT2D eigenvalue weighted by molar-refractivity contribution is -0.139. The fraction of sp³-hybridized carbons (Fsp3) is 0.231. The Hall–Kier alpha value is -3.43. The second kappa shape index (κ2) is 12.0. The number of benzene rings is 3. The van der Waals surface area contributed by atoms with E-state index in [1.165, 1.54) is 23.1 Å². The number of carbonyl (C=O) groups excluding carboxylic acids is 2. The Morgan fingerprint density at radius 1 is 1.00 bits per heavy atom.